The molecule has 0 spiro atoms. The first-order valence-corrected chi connectivity index (χ1v) is 7.93. The molecular formula is C13H22N4OS. The molecule has 106 valence electrons. The lowest BCUT2D eigenvalue weighted by Crippen LogP contribution is -2.28. The third-order valence-corrected chi connectivity index (χ3v) is 4.01. The van der Waals surface area contributed by atoms with E-state index >= 15 is 0 Å². The number of carbonyl (C=O) groups is 1. The van der Waals surface area contributed by atoms with Crippen LogP contribution in [0.15, 0.2) is 5.16 Å². The van der Waals surface area contributed by atoms with Gasteiger partial charge in [0.05, 0.1) is 5.75 Å². The Morgan fingerprint density at radius 1 is 1.47 bits per heavy atom. The lowest BCUT2D eigenvalue weighted by atomic mass is 10.2. The molecule has 6 heteroatoms. The summed E-state index contributed by atoms with van der Waals surface area (Å²) < 4.78 is 2.14. The highest BCUT2D eigenvalue weighted by Crippen LogP contribution is 2.39. The number of hydrogen-bond acceptors (Lipinski definition) is 4. The van der Waals surface area contributed by atoms with Gasteiger partial charge in [-0.3, -0.25) is 4.79 Å². The van der Waals surface area contributed by atoms with Gasteiger partial charge in [0.1, 0.15) is 5.82 Å². The monoisotopic (exact) mass is 282 g/mol. The number of amides is 1. The van der Waals surface area contributed by atoms with Crippen LogP contribution in [0, 0.1) is 5.92 Å². The van der Waals surface area contributed by atoms with Crippen molar-refractivity contribution in [3.8, 4) is 0 Å². The fraction of sp³-hybridized carbons (Fsp3) is 0.769. The molecule has 1 aromatic rings. The summed E-state index contributed by atoms with van der Waals surface area (Å²) in [5.74, 6) is 2.64. The van der Waals surface area contributed by atoms with Crippen LogP contribution in [0.2, 0.25) is 0 Å². The average Bonchev–Trinajstić information content (AvgIpc) is 3.14. The van der Waals surface area contributed by atoms with Crippen LogP contribution in [0.25, 0.3) is 0 Å². The predicted octanol–water partition coefficient (Wildman–Crippen LogP) is 2.04. The molecule has 0 aromatic carbocycles. The highest BCUT2D eigenvalue weighted by atomic mass is 32.2. The maximum atomic E-state index is 11.7. The van der Waals surface area contributed by atoms with Crippen molar-refractivity contribution in [3.05, 3.63) is 5.82 Å². The van der Waals surface area contributed by atoms with Gasteiger partial charge in [0, 0.05) is 19.0 Å². The molecule has 0 radical (unpaired) electrons. The largest absolute Gasteiger partial charge is 0.355 e. The molecule has 1 amide bonds. The zero-order valence-electron chi connectivity index (χ0n) is 11.8. The van der Waals surface area contributed by atoms with E-state index in [1.54, 1.807) is 0 Å². The smallest absolute Gasteiger partial charge is 0.230 e. The first-order chi connectivity index (χ1) is 9.11. The molecule has 0 bridgehead atoms. The molecule has 1 heterocycles. The maximum Gasteiger partial charge on any atom is 0.230 e. The summed E-state index contributed by atoms with van der Waals surface area (Å²) >= 11 is 1.47. The van der Waals surface area contributed by atoms with Crippen molar-refractivity contribution in [2.24, 2.45) is 5.92 Å². The number of rotatable bonds is 7. The van der Waals surface area contributed by atoms with E-state index in [4.69, 9.17) is 0 Å². The Balaban J connectivity index is 1.87. The van der Waals surface area contributed by atoms with Crippen LogP contribution in [-0.2, 0) is 11.3 Å². The molecule has 2 rings (SSSR count). The normalized spacial score (nSPS) is 14.9. The van der Waals surface area contributed by atoms with E-state index in [1.807, 2.05) is 0 Å². The molecular weight excluding hydrogens is 260 g/mol. The number of hydrogen-bond donors (Lipinski definition) is 1. The first kappa shape index (κ1) is 14.4. The zero-order valence-corrected chi connectivity index (χ0v) is 12.7. The summed E-state index contributed by atoms with van der Waals surface area (Å²) in [6.45, 7) is 7.87. The van der Waals surface area contributed by atoms with Crippen molar-refractivity contribution in [1.29, 1.82) is 0 Å². The Hall–Kier alpha value is -1.04. The Bertz CT molecular complexity index is 440. The number of aromatic nitrogens is 3. The molecule has 1 saturated carbocycles. The van der Waals surface area contributed by atoms with Gasteiger partial charge in [-0.1, -0.05) is 25.6 Å². The fourth-order valence-electron chi connectivity index (χ4n) is 1.85. The third kappa shape index (κ3) is 3.96. The third-order valence-electron chi connectivity index (χ3n) is 3.04. The van der Waals surface area contributed by atoms with E-state index in [0.29, 0.717) is 17.6 Å². The Morgan fingerprint density at radius 2 is 2.21 bits per heavy atom. The van der Waals surface area contributed by atoms with Crippen LogP contribution in [0.5, 0.6) is 0 Å². The minimum absolute atomic E-state index is 0.0670. The molecule has 1 aliphatic rings. The van der Waals surface area contributed by atoms with Gasteiger partial charge in [-0.05, 0) is 25.7 Å². The van der Waals surface area contributed by atoms with Crippen LogP contribution in [-0.4, -0.2) is 33.0 Å². The highest BCUT2D eigenvalue weighted by Gasteiger charge is 2.30. The summed E-state index contributed by atoms with van der Waals surface area (Å²) in [6, 6.07) is 0. The molecule has 19 heavy (non-hydrogen) atoms. The van der Waals surface area contributed by atoms with Gasteiger partial charge >= 0.3 is 0 Å². The highest BCUT2D eigenvalue weighted by molar-refractivity contribution is 7.99. The van der Waals surface area contributed by atoms with Crippen LogP contribution in [0.1, 0.15) is 45.4 Å². The predicted molar refractivity (Wildman–Crippen MR) is 76.2 cm³/mol. The quantitative estimate of drug-likeness (QED) is 0.778. The zero-order chi connectivity index (χ0) is 13.8. The number of nitrogens with zero attached hydrogens (tertiary/aromatic N) is 3. The lowest BCUT2D eigenvalue weighted by molar-refractivity contribution is -0.118. The van der Waals surface area contributed by atoms with E-state index in [1.165, 1.54) is 24.6 Å². The SMILES string of the molecule is CCn1c(SCC(=O)NCC(C)C)nnc1C1CC1. The van der Waals surface area contributed by atoms with Gasteiger partial charge in [-0.2, -0.15) is 0 Å². The Kier molecular flexibility index (Phi) is 4.85. The summed E-state index contributed by atoms with van der Waals surface area (Å²) in [6.07, 6.45) is 2.44. The van der Waals surface area contributed by atoms with Gasteiger partial charge in [0.15, 0.2) is 5.16 Å². The number of nitrogens with one attached hydrogen (secondary N) is 1. The van der Waals surface area contributed by atoms with Crippen molar-refractivity contribution >= 4 is 17.7 Å². The standard InChI is InChI=1S/C13H22N4OS/c1-4-17-12(10-5-6-10)15-16-13(17)19-8-11(18)14-7-9(2)3/h9-10H,4-8H2,1-3H3,(H,14,18). The molecule has 0 aliphatic heterocycles. The molecule has 5 nitrogen and oxygen atoms in total. The van der Waals surface area contributed by atoms with Gasteiger partial charge in [0.2, 0.25) is 5.91 Å². The van der Waals surface area contributed by atoms with Crippen LogP contribution in [0.4, 0.5) is 0 Å². The second-order valence-corrected chi connectivity index (χ2v) is 6.29. The van der Waals surface area contributed by atoms with Gasteiger partial charge in [0.25, 0.3) is 0 Å². The molecule has 0 unspecified atom stereocenters. The average molecular weight is 282 g/mol. The Morgan fingerprint density at radius 3 is 2.79 bits per heavy atom. The van der Waals surface area contributed by atoms with E-state index in [-0.39, 0.29) is 5.91 Å². The molecule has 1 fully saturated rings. The van der Waals surface area contributed by atoms with Gasteiger partial charge in [-0.15, -0.1) is 10.2 Å². The van der Waals surface area contributed by atoms with Crippen molar-refractivity contribution < 1.29 is 4.79 Å². The minimum atomic E-state index is 0.0670. The molecule has 0 atom stereocenters. The maximum absolute atomic E-state index is 11.7. The van der Waals surface area contributed by atoms with Crippen LogP contribution in [0.3, 0.4) is 0 Å². The molecule has 1 aromatic heterocycles. The number of thioether (sulfide) groups is 1. The minimum Gasteiger partial charge on any atom is -0.355 e. The Labute approximate surface area is 118 Å². The second kappa shape index (κ2) is 6.41. The van der Waals surface area contributed by atoms with Gasteiger partial charge < -0.3 is 9.88 Å². The van der Waals surface area contributed by atoms with Gasteiger partial charge in [-0.25, -0.2) is 0 Å². The topological polar surface area (TPSA) is 59.8 Å². The second-order valence-electron chi connectivity index (χ2n) is 5.35. The molecule has 1 aliphatic carbocycles. The van der Waals surface area contributed by atoms with Crippen molar-refractivity contribution in [3.63, 3.8) is 0 Å². The number of carbonyl (C=O) groups excluding carboxylic acids is 1. The van der Waals surface area contributed by atoms with E-state index in [0.717, 1.165) is 24.1 Å². The summed E-state index contributed by atoms with van der Waals surface area (Å²) in [4.78, 5) is 11.7. The molecule has 0 saturated heterocycles. The summed E-state index contributed by atoms with van der Waals surface area (Å²) in [7, 11) is 0. The van der Waals surface area contributed by atoms with Crippen LogP contribution < -0.4 is 5.32 Å². The summed E-state index contributed by atoms with van der Waals surface area (Å²) in [5.41, 5.74) is 0. The van der Waals surface area contributed by atoms with Crippen molar-refractivity contribution in [1.82, 2.24) is 20.1 Å². The first-order valence-electron chi connectivity index (χ1n) is 6.94. The van der Waals surface area contributed by atoms with Crippen molar-refractivity contribution in [2.75, 3.05) is 12.3 Å². The summed E-state index contributed by atoms with van der Waals surface area (Å²) in [5, 5.41) is 12.3. The van der Waals surface area contributed by atoms with E-state index < -0.39 is 0 Å². The fourth-order valence-corrected chi connectivity index (χ4v) is 2.69. The molecule has 1 N–H and O–H groups in total. The van der Waals surface area contributed by atoms with E-state index in [2.05, 4.69) is 40.9 Å². The van der Waals surface area contributed by atoms with E-state index in [9.17, 15) is 4.79 Å². The van der Waals surface area contributed by atoms with Crippen molar-refractivity contribution in [2.45, 2.75) is 51.2 Å². The van der Waals surface area contributed by atoms with Crippen LogP contribution >= 0.6 is 11.8 Å². The lowest BCUT2D eigenvalue weighted by Gasteiger charge is -2.08.